The van der Waals surface area contributed by atoms with Crippen molar-refractivity contribution in [3.05, 3.63) is 23.8 Å². The number of carbonyl (C=O) groups is 2. The van der Waals surface area contributed by atoms with E-state index in [1.807, 2.05) is 12.1 Å². The zero-order chi connectivity index (χ0) is 20.7. The number of carbonyl (C=O) groups excluding carboxylic acids is 1. The number of carboxylic acid groups (broad SMARTS) is 1. The molecule has 7 heteroatoms. The first kappa shape index (κ1) is 21.9. The Morgan fingerprint density at radius 3 is 2.46 bits per heavy atom. The van der Waals surface area contributed by atoms with Crippen LogP contribution in [0.2, 0.25) is 0 Å². The van der Waals surface area contributed by atoms with Gasteiger partial charge in [0.1, 0.15) is 5.60 Å². The number of nitrogens with one attached hydrogen (secondary N) is 1. The van der Waals surface area contributed by atoms with Crippen LogP contribution >= 0.6 is 0 Å². The van der Waals surface area contributed by atoms with Gasteiger partial charge in [0, 0.05) is 12.5 Å². The molecule has 0 unspecified atom stereocenters. The summed E-state index contributed by atoms with van der Waals surface area (Å²) in [5.41, 5.74) is 0.154. The van der Waals surface area contributed by atoms with E-state index in [0.29, 0.717) is 11.5 Å². The molecule has 1 saturated carbocycles. The van der Waals surface area contributed by atoms with E-state index in [-0.39, 0.29) is 19.1 Å². The molecule has 1 aromatic rings. The minimum Gasteiger partial charge on any atom is -0.493 e. The fourth-order valence-electron chi connectivity index (χ4n) is 3.26. The largest absolute Gasteiger partial charge is 0.493 e. The molecule has 0 aromatic heterocycles. The van der Waals surface area contributed by atoms with Crippen molar-refractivity contribution in [2.45, 2.75) is 70.5 Å². The number of hydrogen-bond acceptors (Lipinski definition) is 5. The second kappa shape index (κ2) is 9.66. The fraction of sp³-hybridized carbons (Fsp3) is 0.619. The third-order valence-corrected chi connectivity index (χ3v) is 4.57. The average molecular weight is 393 g/mol. The molecule has 1 aromatic carbocycles. The highest BCUT2D eigenvalue weighted by atomic mass is 16.6. The maximum absolute atomic E-state index is 12.0. The Balaban J connectivity index is 2.14. The molecular formula is C21H31NO6. The van der Waals surface area contributed by atoms with Crippen molar-refractivity contribution in [1.82, 2.24) is 5.32 Å². The molecule has 2 N–H and O–H groups in total. The van der Waals surface area contributed by atoms with Gasteiger partial charge in [0.2, 0.25) is 0 Å². The first-order valence-electron chi connectivity index (χ1n) is 9.71. The zero-order valence-corrected chi connectivity index (χ0v) is 17.1. The topological polar surface area (TPSA) is 94.1 Å². The second-order valence-corrected chi connectivity index (χ2v) is 8.11. The van der Waals surface area contributed by atoms with Gasteiger partial charge < -0.3 is 24.6 Å². The summed E-state index contributed by atoms with van der Waals surface area (Å²) >= 11 is 0. The van der Waals surface area contributed by atoms with E-state index < -0.39 is 23.6 Å². The molecule has 1 aliphatic carbocycles. The number of benzene rings is 1. The van der Waals surface area contributed by atoms with Crippen LogP contribution in [0, 0.1) is 0 Å². The molecule has 1 atom stereocenters. The van der Waals surface area contributed by atoms with Crippen LogP contribution in [0.5, 0.6) is 11.5 Å². The van der Waals surface area contributed by atoms with Crippen LogP contribution in [0.1, 0.15) is 64.4 Å². The van der Waals surface area contributed by atoms with E-state index in [9.17, 15) is 14.7 Å². The van der Waals surface area contributed by atoms with Gasteiger partial charge in [-0.1, -0.05) is 6.07 Å². The lowest BCUT2D eigenvalue weighted by molar-refractivity contribution is -0.137. The number of methoxy groups -OCH3 is 1. The van der Waals surface area contributed by atoms with E-state index in [4.69, 9.17) is 14.2 Å². The maximum Gasteiger partial charge on any atom is 0.407 e. The molecule has 1 fully saturated rings. The normalized spacial score (nSPS) is 15.7. The first-order chi connectivity index (χ1) is 13.2. The van der Waals surface area contributed by atoms with Gasteiger partial charge in [-0.25, -0.2) is 4.79 Å². The highest BCUT2D eigenvalue weighted by Crippen LogP contribution is 2.35. The lowest BCUT2D eigenvalue weighted by Gasteiger charge is -2.22. The van der Waals surface area contributed by atoms with Gasteiger partial charge in [-0.3, -0.25) is 4.79 Å². The molecule has 2 rings (SSSR count). The van der Waals surface area contributed by atoms with E-state index in [0.717, 1.165) is 31.2 Å². The molecule has 156 valence electrons. The highest BCUT2D eigenvalue weighted by Gasteiger charge is 2.23. The molecule has 0 bridgehead atoms. The van der Waals surface area contributed by atoms with Gasteiger partial charge in [-0.15, -0.1) is 0 Å². The van der Waals surface area contributed by atoms with Crippen molar-refractivity contribution < 1.29 is 28.9 Å². The van der Waals surface area contributed by atoms with Crippen LogP contribution in [-0.4, -0.2) is 42.5 Å². The van der Waals surface area contributed by atoms with Crippen LogP contribution in [-0.2, 0) is 9.53 Å². The summed E-state index contributed by atoms with van der Waals surface area (Å²) in [5.74, 6) is -0.128. The van der Waals surface area contributed by atoms with Crippen LogP contribution in [0.4, 0.5) is 4.79 Å². The van der Waals surface area contributed by atoms with E-state index in [1.165, 1.54) is 0 Å². The monoisotopic (exact) mass is 393 g/mol. The predicted molar refractivity (Wildman–Crippen MR) is 105 cm³/mol. The Bertz CT molecular complexity index is 676. The van der Waals surface area contributed by atoms with Gasteiger partial charge >= 0.3 is 12.1 Å². The SMILES string of the molecule is COc1ccc([C@H](CNC(=O)OC(C)(C)C)CC(=O)O)cc1OC1CCCC1. The molecule has 28 heavy (non-hydrogen) atoms. The highest BCUT2D eigenvalue weighted by molar-refractivity contribution is 5.70. The van der Waals surface area contributed by atoms with Gasteiger partial charge in [0.05, 0.1) is 19.6 Å². The average Bonchev–Trinajstić information content (AvgIpc) is 3.09. The smallest absolute Gasteiger partial charge is 0.407 e. The predicted octanol–water partition coefficient (Wildman–Crippen LogP) is 4.10. The minimum absolute atomic E-state index is 0.120. The molecular weight excluding hydrogens is 362 g/mol. The van der Waals surface area contributed by atoms with Crippen molar-refractivity contribution in [2.75, 3.05) is 13.7 Å². The van der Waals surface area contributed by atoms with Crippen LogP contribution in [0.15, 0.2) is 18.2 Å². The fourth-order valence-corrected chi connectivity index (χ4v) is 3.26. The quantitative estimate of drug-likeness (QED) is 0.691. The summed E-state index contributed by atoms with van der Waals surface area (Å²) in [4.78, 5) is 23.3. The number of rotatable bonds is 8. The molecule has 0 radical (unpaired) electrons. The standard InChI is InChI=1S/C21H31NO6/c1-21(2,3)28-20(25)22-13-15(12-19(23)24)14-9-10-17(26-4)18(11-14)27-16-7-5-6-8-16/h9-11,15-16H,5-8,12-13H2,1-4H3,(H,22,25)(H,23,24)/t15-/m0/s1. The number of hydrogen-bond donors (Lipinski definition) is 2. The number of aliphatic carboxylic acids is 1. The van der Waals surface area contributed by atoms with Gasteiger partial charge in [0.15, 0.2) is 11.5 Å². The van der Waals surface area contributed by atoms with Crippen LogP contribution in [0.25, 0.3) is 0 Å². The number of alkyl carbamates (subject to hydrolysis) is 1. The zero-order valence-electron chi connectivity index (χ0n) is 17.1. The molecule has 0 spiro atoms. The van der Waals surface area contributed by atoms with Crippen molar-refractivity contribution in [3.63, 3.8) is 0 Å². The maximum atomic E-state index is 12.0. The van der Waals surface area contributed by atoms with E-state index >= 15 is 0 Å². The lowest BCUT2D eigenvalue weighted by Crippen LogP contribution is -2.35. The van der Waals surface area contributed by atoms with E-state index in [1.54, 1.807) is 33.9 Å². The van der Waals surface area contributed by atoms with Crippen molar-refractivity contribution >= 4 is 12.1 Å². The van der Waals surface area contributed by atoms with Gasteiger partial charge in [-0.2, -0.15) is 0 Å². The molecule has 1 aliphatic rings. The first-order valence-corrected chi connectivity index (χ1v) is 9.71. The third kappa shape index (κ3) is 6.94. The summed E-state index contributed by atoms with van der Waals surface area (Å²) in [7, 11) is 1.58. The Labute approximate surface area is 166 Å². The molecule has 0 saturated heterocycles. The molecule has 0 heterocycles. The van der Waals surface area contributed by atoms with Crippen LogP contribution in [0.3, 0.4) is 0 Å². The number of carboxylic acids is 1. The summed E-state index contributed by atoms with van der Waals surface area (Å²) in [6.07, 6.45) is 3.77. The number of amides is 1. The number of ether oxygens (including phenoxy) is 3. The summed E-state index contributed by atoms with van der Waals surface area (Å²) in [5, 5.41) is 12.0. The van der Waals surface area contributed by atoms with Gasteiger partial charge in [-0.05, 0) is 64.2 Å². The molecule has 0 aliphatic heterocycles. The molecule has 1 amide bonds. The van der Waals surface area contributed by atoms with Crippen molar-refractivity contribution in [1.29, 1.82) is 0 Å². The molecule has 7 nitrogen and oxygen atoms in total. The van der Waals surface area contributed by atoms with Gasteiger partial charge in [0.25, 0.3) is 0 Å². The Morgan fingerprint density at radius 1 is 1.21 bits per heavy atom. The summed E-state index contributed by atoms with van der Waals surface area (Å²) in [6, 6.07) is 5.41. The van der Waals surface area contributed by atoms with Crippen LogP contribution < -0.4 is 14.8 Å². The lowest BCUT2D eigenvalue weighted by atomic mass is 9.95. The minimum atomic E-state index is -0.940. The second-order valence-electron chi connectivity index (χ2n) is 8.11. The van der Waals surface area contributed by atoms with Crippen molar-refractivity contribution in [3.8, 4) is 11.5 Å². The third-order valence-electron chi connectivity index (χ3n) is 4.57. The summed E-state index contributed by atoms with van der Waals surface area (Å²) < 4.78 is 16.7. The Kier molecular flexibility index (Phi) is 7.54. The van der Waals surface area contributed by atoms with E-state index in [2.05, 4.69) is 5.32 Å². The van der Waals surface area contributed by atoms with Crippen molar-refractivity contribution in [2.24, 2.45) is 0 Å². The Morgan fingerprint density at radius 2 is 1.89 bits per heavy atom. The Hall–Kier alpha value is -2.44. The summed E-state index contributed by atoms with van der Waals surface area (Å²) in [6.45, 7) is 5.47.